The van der Waals surface area contributed by atoms with Gasteiger partial charge in [-0.1, -0.05) is 48.6 Å². The van der Waals surface area contributed by atoms with Crippen molar-refractivity contribution >= 4 is 17.4 Å². The Kier molecular flexibility index (Phi) is 7.50. The molecule has 0 bridgehead atoms. The van der Waals surface area contributed by atoms with E-state index in [9.17, 15) is 10.1 Å². The van der Waals surface area contributed by atoms with Crippen LogP contribution >= 0.6 is 11.8 Å². The minimum Gasteiger partial charge on any atom is -0.371 e. The van der Waals surface area contributed by atoms with Gasteiger partial charge in [-0.2, -0.15) is 0 Å². The first-order chi connectivity index (χ1) is 12.1. The van der Waals surface area contributed by atoms with Gasteiger partial charge in [-0.05, 0) is 30.7 Å². The van der Waals surface area contributed by atoms with E-state index in [4.69, 9.17) is 5.73 Å². The van der Waals surface area contributed by atoms with Crippen LogP contribution in [0.1, 0.15) is 18.9 Å². The van der Waals surface area contributed by atoms with Crippen molar-refractivity contribution in [2.45, 2.75) is 31.2 Å². The Morgan fingerprint density at radius 3 is 2.76 bits per heavy atom. The van der Waals surface area contributed by atoms with E-state index in [0.717, 1.165) is 17.7 Å². The standard InChI is InChI=1S/C19H23N3O2S/c1-2-3-4-5-6-7-8-19-21-18(14-25-19)17(20)13-15-9-11-16(12-10-15)22(23)24/h2-3,5-12,14,17,19,21H,4,13,20H2,1H3/b3-2-,6-5?,8-7+/t17-,19?/m0/s1. The normalized spacial score (nSPS) is 18.8. The number of nitrogens with zero attached hydrogens (tertiary/aromatic N) is 1. The third kappa shape index (κ3) is 6.25. The quantitative estimate of drug-likeness (QED) is 0.317. The summed E-state index contributed by atoms with van der Waals surface area (Å²) in [4.78, 5) is 10.3. The number of nitro benzene ring substituents is 1. The summed E-state index contributed by atoms with van der Waals surface area (Å²) >= 11 is 1.69. The van der Waals surface area contributed by atoms with Crippen LogP contribution in [0.3, 0.4) is 0 Å². The van der Waals surface area contributed by atoms with Gasteiger partial charge in [0.25, 0.3) is 5.69 Å². The Balaban J connectivity index is 1.81. The van der Waals surface area contributed by atoms with Crippen molar-refractivity contribution in [3.63, 3.8) is 0 Å². The molecule has 1 aromatic carbocycles. The molecule has 3 N–H and O–H groups in total. The number of non-ortho nitro benzene ring substituents is 1. The van der Waals surface area contributed by atoms with Crippen LogP contribution < -0.4 is 11.1 Å². The van der Waals surface area contributed by atoms with E-state index >= 15 is 0 Å². The van der Waals surface area contributed by atoms with Crippen molar-refractivity contribution in [2.24, 2.45) is 5.73 Å². The van der Waals surface area contributed by atoms with Crippen LogP contribution in [-0.2, 0) is 6.42 Å². The second-order valence-electron chi connectivity index (χ2n) is 5.63. The van der Waals surface area contributed by atoms with Gasteiger partial charge in [0.05, 0.1) is 10.3 Å². The number of nitro groups is 1. The molecule has 0 saturated heterocycles. The van der Waals surface area contributed by atoms with Crippen LogP contribution in [0.25, 0.3) is 0 Å². The van der Waals surface area contributed by atoms with Crippen molar-refractivity contribution in [2.75, 3.05) is 0 Å². The molecule has 6 heteroatoms. The Morgan fingerprint density at radius 1 is 1.32 bits per heavy atom. The molecule has 25 heavy (non-hydrogen) atoms. The fraction of sp³-hybridized carbons (Fsp3) is 0.263. The third-order valence-corrected chi connectivity index (χ3v) is 4.65. The van der Waals surface area contributed by atoms with Crippen molar-refractivity contribution < 1.29 is 4.92 Å². The van der Waals surface area contributed by atoms with Gasteiger partial charge in [-0.25, -0.2) is 0 Å². The van der Waals surface area contributed by atoms with E-state index in [0.29, 0.717) is 6.42 Å². The maximum Gasteiger partial charge on any atom is 0.269 e. The van der Waals surface area contributed by atoms with Crippen molar-refractivity contribution in [3.05, 3.63) is 87.5 Å². The molecule has 0 fully saturated rings. The van der Waals surface area contributed by atoms with E-state index in [2.05, 4.69) is 29.0 Å². The highest BCUT2D eigenvalue weighted by Gasteiger charge is 2.19. The summed E-state index contributed by atoms with van der Waals surface area (Å²) < 4.78 is 0. The second kappa shape index (κ2) is 9.86. The van der Waals surface area contributed by atoms with E-state index in [-0.39, 0.29) is 17.1 Å². The Bertz CT molecular complexity index is 693. The summed E-state index contributed by atoms with van der Waals surface area (Å²) in [6.07, 6.45) is 14.0. The molecule has 0 saturated carbocycles. The van der Waals surface area contributed by atoms with Gasteiger partial charge in [-0.3, -0.25) is 10.1 Å². The fourth-order valence-corrected chi connectivity index (χ4v) is 3.24. The summed E-state index contributed by atoms with van der Waals surface area (Å²) in [5, 5.41) is 16.3. The smallest absolute Gasteiger partial charge is 0.269 e. The molecule has 2 atom stereocenters. The molecule has 5 nitrogen and oxygen atoms in total. The third-order valence-electron chi connectivity index (χ3n) is 3.69. The van der Waals surface area contributed by atoms with E-state index in [1.165, 1.54) is 12.1 Å². The zero-order valence-corrected chi connectivity index (χ0v) is 15.0. The molecule has 132 valence electrons. The molecule has 1 unspecified atom stereocenters. The average Bonchev–Trinajstić information content (AvgIpc) is 3.07. The zero-order chi connectivity index (χ0) is 18.1. The van der Waals surface area contributed by atoms with Gasteiger partial charge >= 0.3 is 0 Å². The van der Waals surface area contributed by atoms with Gasteiger partial charge < -0.3 is 11.1 Å². The fourth-order valence-electron chi connectivity index (χ4n) is 2.32. The highest BCUT2D eigenvalue weighted by molar-refractivity contribution is 8.03. The van der Waals surface area contributed by atoms with Gasteiger partial charge in [0, 0.05) is 23.9 Å². The molecule has 1 aliphatic heterocycles. The number of allylic oxidation sites excluding steroid dienone is 5. The molecule has 2 rings (SSSR count). The summed E-state index contributed by atoms with van der Waals surface area (Å²) in [5.74, 6) is 0. The van der Waals surface area contributed by atoms with Crippen molar-refractivity contribution in [1.82, 2.24) is 5.32 Å². The molecule has 1 aliphatic rings. The summed E-state index contributed by atoms with van der Waals surface area (Å²) in [6.45, 7) is 2.01. The van der Waals surface area contributed by atoms with E-state index in [1.807, 2.05) is 25.2 Å². The number of nitrogens with two attached hydrogens (primary N) is 1. The Labute approximate surface area is 152 Å². The van der Waals surface area contributed by atoms with Crippen LogP contribution in [0.5, 0.6) is 0 Å². The molecule has 0 aromatic heterocycles. The SMILES string of the molecule is C/C=C\CC=C/C=C/C1NC([C@@H](N)Cc2ccc([N+](=O)[O-])cc2)=CS1. The summed E-state index contributed by atoms with van der Waals surface area (Å²) in [6, 6.07) is 6.39. The maximum atomic E-state index is 10.7. The lowest BCUT2D eigenvalue weighted by Crippen LogP contribution is -2.33. The monoisotopic (exact) mass is 357 g/mol. The van der Waals surface area contributed by atoms with E-state index in [1.54, 1.807) is 23.9 Å². The molecule has 1 heterocycles. The van der Waals surface area contributed by atoms with Crippen LogP contribution in [0.4, 0.5) is 5.69 Å². The average molecular weight is 357 g/mol. The molecule has 0 spiro atoms. The lowest BCUT2D eigenvalue weighted by Gasteiger charge is -2.15. The van der Waals surface area contributed by atoms with Crippen LogP contribution in [0.2, 0.25) is 0 Å². The maximum absolute atomic E-state index is 10.7. The summed E-state index contributed by atoms with van der Waals surface area (Å²) in [5.41, 5.74) is 8.33. The topological polar surface area (TPSA) is 81.2 Å². The number of nitrogens with one attached hydrogen (secondary N) is 1. The van der Waals surface area contributed by atoms with Gasteiger partial charge in [0.2, 0.25) is 0 Å². The number of hydrogen-bond acceptors (Lipinski definition) is 5. The predicted molar refractivity (Wildman–Crippen MR) is 105 cm³/mol. The van der Waals surface area contributed by atoms with E-state index < -0.39 is 4.92 Å². The lowest BCUT2D eigenvalue weighted by molar-refractivity contribution is -0.384. The summed E-state index contributed by atoms with van der Waals surface area (Å²) in [7, 11) is 0. The molecule has 0 aliphatic carbocycles. The molecule has 1 aromatic rings. The number of benzene rings is 1. The van der Waals surface area contributed by atoms with Crippen molar-refractivity contribution in [1.29, 1.82) is 0 Å². The second-order valence-corrected chi connectivity index (χ2v) is 6.64. The molecular weight excluding hydrogens is 334 g/mol. The minimum absolute atomic E-state index is 0.0961. The zero-order valence-electron chi connectivity index (χ0n) is 14.2. The largest absolute Gasteiger partial charge is 0.371 e. The first-order valence-corrected chi connectivity index (χ1v) is 9.10. The molecule has 0 radical (unpaired) electrons. The Morgan fingerprint density at radius 2 is 2.08 bits per heavy atom. The minimum atomic E-state index is -0.397. The first-order valence-electron chi connectivity index (χ1n) is 8.15. The highest BCUT2D eigenvalue weighted by Crippen LogP contribution is 2.24. The van der Waals surface area contributed by atoms with Gasteiger partial charge in [-0.15, -0.1) is 11.8 Å². The number of thioether (sulfide) groups is 1. The Hall–Kier alpha value is -2.31. The predicted octanol–water partition coefficient (Wildman–Crippen LogP) is 4.05. The van der Waals surface area contributed by atoms with Crippen LogP contribution in [-0.4, -0.2) is 16.3 Å². The number of rotatable bonds is 8. The van der Waals surface area contributed by atoms with Gasteiger partial charge in [0.1, 0.15) is 0 Å². The number of hydrogen-bond donors (Lipinski definition) is 2. The lowest BCUT2D eigenvalue weighted by atomic mass is 10.0. The van der Waals surface area contributed by atoms with Crippen LogP contribution in [0.15, 0.2) is 71.8 Å². The van der Waals surface area contributed by atoms with Gasteiger partial charge in [0.15, 0.2) is 0 Å². The van der Waals surface area contributed by atoms with Crippen molar-refractivity contribution in [3.8, 4) is 0 Å². The van der Waals surface area contributed by atoms with Crippen LogP contribution in [0, 0.1) is 10.1 Å². The molecule has 0 amide bonds. The first kappa shape index (κ1) is 19.0. The molecular formula is C19H23N3O2S. The highest BCUT2D eigenvalue weighted by atomic mass is 32.2.